The van der Waals surface area contributed by atoms with Crippen molar-refractivity contribution in [3.8, 4) is 17.0 Å². The Kier molecular flexibility index (Phi) is 4.01. The summed E-state index contributed by atoms with van der Waals surface area (Å²) in [7, 11) is 0. The van der Waals surface area contributed by atoms with Crippen LogP contribution in [0.15, 0.2) is 24.3 Å². The molecule has 2 heterocycles. The van der Waals surface area contributed by atoms with E-state index in [0.29, 0.717) is 13.2 Å². The Hall–Kier alpha value is -2.14. The van der Waals surface area contributed by atoms with Gasteiger partial charge in [-0.2, -0.15) is 0 Å². The monoisotopic (exact) mass is 285 g/mol. The van der Waals surface area contributed by atoms with Crippen LogP contribution in [0.2, 0.25) is 0 Å². The maximum Gasteiger partial charge on any atom is 0.133 e. The van der Waals surface area contributed by atoms with E-state index in [2.05, 4.69) is 10.3 Å². The van der Waals surface area contributed by atoms with Crippen molar-refractivity contribution >= 4 is 5.82 Å². The fraction of sp³-hybridized carbons (Fsp3) is 0.375. The largest absolute Gasteiger partial charge is 0.493 e. The first kappa shape index (κ1) is 13.8. The summed E-state index contributed by atoms with van der Waals surface area (Å²) < 4.78 is 5.82. The van der Waals surface area contributed by atoms with Gasteiger partial charge in [-0.05, 0) is 12.1 Å². The van der Waals surface area contributed by atoms with Crippen molar-refractivity contribution in [2.45, 2.75) is 19.8 Å². The highest BCUT2D eigenvalue weighted by atomic mass is 16.5. The molecule has 2 N–H and O–H groups in total. The van der Waals surface area contributed by atoms with Crippen molar-refractivity contribution < 1.29 is 9.84 Å². The van der Waals surface area contributed by atoms with Gasteiger partial charge in [0.1, 0.15) is 17.4 Å². The smallest absolute Gasteiger partial charge is 0.133 e. The number of aryl methyl sites for hydroxylation is 1. The summed E-state index contributed by atoms with van der Waals surface area (Å²) >= 11 is 0. The molecule has 0 saturated heterocycles. The summed E-state index contributed by atoms with van der Waals surface area (Å²) in [5, 5.41) is 12.2. The second kappa shape index (κ2) is 6.10. The molecule has 0 radical (unpaired) electrons. The molecular formula is C16H19N3O2. The molecule has 0 aliphatic carbocycles. The van der Waals surface area contributed by atoms with Gasteiger partial charge in [-0.3, -0.25) is 0 Å². The zero-order valence-corrected chi connectivity index (χ0v) is 12.1. The molecule has 5 nitrogen and oxygen atoms in total. The third-order valence-corrected chi connectivity index (χ3v) is 3.53. The predicted octanol–water partition coefficient (Wildman–Crippen LogP) is 2.05. The number of para-hydroxylation sites is 1. The van der Waals surface area contributed by atoms with Gasteiger partial charge < -0.3 is 15.2 Å². The van der Waals surface area contributed by atoms with Crippen LogP contribution in [0.3, 0.4) is 0 Å². The standard InChI is InChI=1S/C16H19N3O2/c1-2-14-18-15-11-5-3-4-6-13(11)21-10-7-12(15)16(19-14)17-8-9-20/h3-6,20H,2,7-10H2,1H3,(H,17,18,19). The maximum absolute atomic E-state index is 9.04. The molecule has 110 valence electrons. The number of anilines is 1. The van der Waals surface area contributed by atoms with E-state index in [-0.39, 0.29) is 6.61 Å². The SMILES string of the molecule is CCc1nc(NCCO)c2c(n1)-c1ccccc1OCC2. The molecule has 0 unspecified atom stereocenters. The molecule has 0 saturated carbocycles. The van der Waals surface area contributed by atoms with Crippen LogP contribution < -0.4 is 10.1 Å². The summed E-state index contributed by atoms with van der Waals surface area (Å²) in [6.07, 6.45) is 1.52. The highest BCUT2D eigenvalue weighted by Crippen LogP contribution is 2.36. The zero-order chi connectivity index (χ0) is 14.7. The Bertz CT molecular complexity index is 643. The van der Waals surface area contributed by atoms with E-state index in [4.69, 9.17) is 14.8 Å². The average molecular weight is 285 g/mol. The van der Waals surface area contributed by atoms with Crippen molar-refractivity contribution in [1.82, 2.24) is 9.97 Å². The molecule has 21 heavy (non-hydrogen) atoms. The molecule has 1 aromatic carbocycles. The molecule has 0 atom stereocenters. The lowest BCUT2D eigenvalue weighted by molar-refractivity contribution is 0.310. The number of benzene rings is 1. The van der Waals surface area contributed by atoms with Gasteiger partial charge >= 0.3 is 0 Å². The summed E-state index contributed by atoms with van der Waals surface area (Å²) in [6, 6.07) is 7.96. The number of fused-ring (bicyclic) bond motifs is 3. The first-order chi connectivity index (χ1) is 10.3. The molecule has 1 aromatic heterocycles. The maximum atomic E-state index is 9.04. The number of aromatic nitrogens is 2. The third-order valence-electron chi connectivity index (χ3n) is 3.53. The minimum Gasteiger partial charge on any atom is -0.493 e. The molecule has 3 rings (SSSR count). The van der Waals surface area contributed by atoms with Gasteiger partial charge in [0.15, 0.2) is 0 Å². The molecule has 5 heteroatoms. The first-order valence-electron chi connectivity index (χ1n) is 7.30. The number of rotatable bonds is 4. The van der Waals surface area contributed by atoms with Crippen LogP contribution in [0.5, 0.6) is 5.75 Å². The summed E-state index contributed by atoms with van der Waals surface area (Å²) in [4.78, 5) is 9.28. The van der Waals surface area contributed by atoms with Gasteiger partial charge in [0.05, 0.1) is 18.9 Å². The molecule has 0 spiro atoms. The molecular weight excluding hydrogens is 266 g/mol. The number of nitrogens with zero attached hydrogens (tertiary/aromatic N) is 2. The van der Waals surface area contributed by atoms with Crippen LogP contribution in [0.1, 0.15) is 18.3 Å². The van der Waals surface area contributed by atoms with Crippen LogP contribution >= 0.6 is 0 Å². The number of aliphatic hydroxyl groups excluding tert-OH is 1. The minimum atomic E-state index is 0.0767. The van der Waals surface area contributed by atoms with Gasteiger partial charge in [0, 0.05) is 30.5 Å². The highest BCUT2D eigenvalue weighted by molar-refractivity contribution is 5.74. The molecule has 1 aliphatic heterocycles. The highest BCUT2D eigenvalue weighted by Gasteiger charge is 2.21. The molecule has 0 fully saturated rings. The summed E-state index contributed by atoms with van der Waals surface area (Å²) in [5.74, 6) is 2.47. The quantitative estimate of drug-likeness (QED) is 0.900. The number of hydrogen-bond acceptors (Lipinski definition) is 5. The van der Waals surface area contributed by atoms with E-state index in [0.717, 1.165) is 47.1 Å². The van der Waals surface area contributed by atoms with Crippen LogP contribution in [0, 0.1) is 0 Å². The fourth-order valence-corrected chi connectivity index (χ4v) is 2.52. The van der Waals surface area contributed by atoms with E-state index in [1.165, 1.54) is 0 Å². The predicted molar refractivity (Wildman–Crippen MR) is 81.6 cm³/mol. The lowest BCUT2D eigenvalue weighted by Crippen LogP contribution is -2.13. The zero-order valence-electron chi connectivity index (χ0n) is 12.1. The Morgan fingerprint density at radius 2 is 2.14 bits per heavy atom. The summed E-state index contributed by atoms with van der Waals surface area (Å²) in [6.45, 7) is 3.20. The minimum absolute atomic E-state index is 0.0767. The van der Waals surface area contributed by atoms with E-state index in [1.807, 2.05) is 31.2 Å². The lowest BCUT2D eigenvalue weighted by Gasteiger charge is -2.14. The Labute approximate surface area is 124 Å². The van der Waals surface area contributed by atoms with Gasteiger partial charge in [-0.15, -0.1) is 0 Å². The van der Waals surface area contributed by atoms with E-state index in [9.17, 15) is 0 Å². The van der Waals surface area contributed by atoms with Gasteiger partial charge in [-0.1, -0.05) is 19.1 Å². The third kappa shape index (κ3) is 2.69. The second-order valence-corrected chi connectivity index (χ2v) is 4.91. The molecule has 0 amide bonds. The van der Waals surface area contributed by atoms with Crippen LogP contribution in [-0.4, -0.2) is 34.8 Å². The number of aliphatic hydroxyl groups is 1. The Morgan fingerprint density at radius 3 is 2.95 bits per heavy atom. The fourth-order valence-electron chi connectivity index (χ4n) is 2.52. The molecule has 0 bridgehead atoms. The van der Waals surface area contributed by atoms with E-state index < -0.39 is 0 Å². The van der Waals surface area contributed by atoms with Crippen LogP contribution in [0.25, 0.3) is 11.3 Å². The van der Waals surface area contributed by atoms with Gasteiger partial charge in [0.25, 0.3) is 0 Å². The van der Waals surface area contributed by atoms with Crippen LogP contribution in [-0.2, 0) is 12.8 Å². The van der Waals surface area contributed by atoms with Crippen molar-refractivity contribution in [2.24, 2.45) is 0 Å². The van der Waals surface area contributed by atoms with Crippen molar-refractivity contribution in [3.05, 3.63) is 35.7 Å². The number of nitrogens with one attached hydrogen (secondary N) is 1. The molecule has 2 aromatic rings. The van der Waals surface area contributed by atoms with Crippen molar-refractivity contribution in [1.29, 1.82) is 0 Å². The van der Waals surface area contributed by atoms with Gasteiger partial charge in [0.2, 0.25) is 0 Å². The van der Waals surface area contributed by atoms with Crippen molar-refractivity contribution in [2.75, 3.05) is 25.1 Å². The Morgan fingerprint density at radius 1 is 1.29 bits per heavy atom. The number of hydrogen-bond donors (Lipinski definition) is 2. The number of ether oxygens (including phenoxy) is 1. The van der Waals surface area contributed by atoms with Gasteiger partial charge in [-0.25, -0.2) is 9.97 Å². The van der Waals surface area contributed by atoms with E-state index >= 15 is 0 Å². The van der Waals surface area contributed by atoms with Crippen molar-refractivity contribution in [3.63, 3.8) is 0 Å². The average Bonchev–Trinajstić information content (AvgIpc) is 2.72. The summed E-state index contributed by atoms with van der Waals surface area (Å²) in [5.41, 5.74) is 3.01. The molecule has 1 aliphatic rings. The van der Waals surface area contributed by atoms with E-state index in [1.54, 1.807) is 0 Å². The lowest BCUT2D eigenvalue weighted by atomic mass is 10.0. The first-order valence-corrected chi connectivity index (χ1v) is 7.30. The van der Waals surface area contributed by atoms with Crippen LogP contribution in [0.4, 0.5) is 5.82 Å². The topological polar surface area (TPSA) is 67.3 Å². The normalized spacial score (nSPS) is 12.9. The second-order valence-electron chi connectivity index (χ2n) is 4.91. The Balaban J connectivity index is 2.16.